The third-order valence-electron chi connectivity index (χ3n) is 3.15. The Morgan fingerprint density at radius 3 is 2.18 bits per heavy atom. The fourth-order valence-corrected chi connectivity index (χ4v) is 1.49. The second-order valence-electron chi connectivity index (χ2n) is 4.83. The van der Waals surface area contributed by atoms with Crippen LogP contribution in [0.15, 0.2) is 0 Å². The maximum Gasteiger partial charge on any atom is 0.389 e. The molecule has 0 aromatic carbocycles. The van der Waals surface area contributed by atoms with E-state index in [1.807, 2.05) is 0 Å². The maximum atomic E-state index is 12.0. The van der Waals surface area contributed by atoms with Gasteiger partial charge in [0.05, 0.1) is 0 Å². The molecule has 0 heterocycles. The van der Waals surface area contributed by atoms with Gasteiger partial charge in [0, 0.05) is 12.5 Å². The van der Waals surface area contributed by atoms with Crippen LogP contribution in [-0.4, -0.2) is 40.8 Å². The van der Waals surface area contributed by atoms with Gasteiger partial charge in [-0.2, -0.15) is 13.2 Å². The summed E-state index contributed by atoms with van der Waals surface area (Å²) in [6.07, 6.45) is -4.61. The average Bonchev–Trinajstić information content (AvgIpc) is 2.13. The van der Waals surface area contributed by atoms with E-state index in [4.69, 9.17) is 5.11 Å². The van der Waals surface area contributed by atoms with Crippen molar-refractivity contribution in [1.82, 2.24) is 4.90 Å². The molecular weight excluding hydrogens is 235 g/mol. The average molecular weight is 255 g/mol. The molecule has 0 aromatic rings. The number of carboxylic acid groups (broad SMARTS) is 1. The molecule has 0 saturated carbocycles. The first-order valence-electron chi connectivity index (χ1n) is 5.51. The quantitative estimate of drug-likeness (QED) is 0.793. The van der Waals surface area contributed by atoms with E-state index in [2.05, 4.69) is 0 Å². The van der Waals surface area contributed by atoms with Crippen LogP contribution in [0.4, 0.5) is 13.2 Å². The third kappa shape index (κ3) is 5.39. The highest BCUT2D eigenvalue weighted by Crippen LogP contribution is 2.25. The van der Waals surface area contributed by atoms with Crippen LogP contribution in [0.1, 0.15) is 40.0 Å². The molecule has 0 bridgehead atoms. The zero-order valence-electron chi connectivity index (χ0n) is 10.6. The summed E-state index contributed by atoms with van der Waals surface area (Å²) < 4.78 is 35.9. The van der Waals surface area contributed by atoms with Crippen LogP contribution < -0.4 is 0 Å². The lowest BCUT2D eigenvalue weighted by Crippen LogP contribution is -2.51. The number of alkyl halides is 3. The van der Waals surface area contributed by atoms with Crippen LogP contribution in [0.25, 0.3) is 0 Å². The zero-order chi connectivity index (χ0) is 13.9. The molecule has 1 N–H and O–H groups in total. The summed E-state index contributed by atoms with van der Waals surface area (Å²) in [5, 5.41) is 8.99. The Kier molecular flexibility index (Phi) is 5.45. The van der Waals surface area contributed by atoms with Gasteiger partial charge >= 0.3 is 12.1 Å². The summed E-state index contributed by atoms with van der Waals surface area (Å²) in [6, 6.07) is -0.205. The van der Waals surface area contributed by atoms with Crippen molar-refractivity contribution >= 4 is 5.97 Å². The third-order valence-corrected chi connectivity index (χ3v) is 3.15. The molecule has 0 saturated heterocycles. The van der Waals surface area contributed by atoms with E-state index in [1.165, 1.54) is 13.8 Å². The molecule has 1 unspecified atom stereocenters. The van der Waals surface area contributed by atoms with Gasteiger partial charge in [0.1, 0.15) is 5.54 Å². The molecule has 0 amide bonds. The van der Waals surface area contributed by atoms with Crippen molar-refractivity contribution in [1.29, 1.82) is 0 Å². The molecule has 102 valence electrons. The van der Waals surface area contributed by atoms with Crippen molar-refractivity contribution in [2.75, 3.05) is 7.05 Å². The van der Waals surface area contributed by atoms with Gasteiger partial charge in [0.2, 0.25) is 0 Å². The monoisotopic (exact) mass is 255 g/mol. The van der Waals surface area contributed by atoms with E-state index in [1.54, 1.807) is 18.9 Å². The Hall–Kier alpha value is -0.780. The molecule has 0 aliphatic heterocycles. The highest BCUT2D eigenvalue weighted by atomic mass is 19.4. The lowest BCUT2D eigenvalue weighted by atomic mass is 9.99. The highest BCUT2D eigenvalue weighted by Gasteiger charge is 2.35. The topological polar surface area (TPSA) is 40.5 Å². The lowest BCUT2D eigenvalue weighted by Gasteiger charge is -2.36. The lowest BCUT2D eigenvalue weighted by molar-refractivity contribution is -0.150. The van der Waals surface area contributed by atoms with E-state index < -0.39 is 24.1 Å². The fraction of sp³-hybridized carbons (Fsp3) is 0.909. The van der Waals surface area contributed by atoms with Crippen LogP contribution in [0.2, 0.25) is 0 Å². The van der Waals surface area contributed by atoms with Crippen LogP contribution in [-0.2, 0) is 4.79 Å². The Balaban J connectivity index is 4.24. The molecule has 0 aliphatic rings. The van der Waals surface area contributed by atoms with Gasteiger partial charge in [-0.25, -0.2) is 0 Å². The summed E-state index contributed by atoms with van der Waals surface area (Å²) in [7, 11) is 1.62. The van der Waals surface area contributed by atoms with E-state index in [9.17, 15) is 18.0 Å². The van der Waals surface area contributed by atoms with E-state index in [0.29, 0.717) is 6.42 Å². The molecule has 17 heavy (non-hydrogen) atoms. The van der Waals surface area contributed by atoms with Gasteiger partial charge in [-0.3, -0.25) is 9.69 Å². The van der Waals surface area contributed by atoms with Crippen molar-refractivity contribution in [3.63, 3.8) is 0 Å². The van der Waals surface area contributed by atoms with E-state index in [-0.39, 0.29) is 12.5 Å². The van der Waals surface area contributed by atoms with Crippen LogP contribution >= 0.6 is 0 Å². The van der Waals surface area contributed by atoms with Crippen LogP contribution in [0.5, 0.6) is 0 Å². The highest BCUT2D eigenvalue weighted by molar-refractivity contribution is 5.77. The number of aliphatic carboxylic acids is 1. The molecule has 6 heteroatoms. The second kappa shape index (κ2) is 5.71. The fourth-order valence-electron chi connectivity index (χ4n) is 1.49. The minimum absolute atomic E-state index is 0.0186. The minimum Gasteiger partial charge on any atom is -0.480 e. The first kappa shape index (κ1) is 16.2. The summed E-state index contributed by atoms with van der Waals surface area (Å²) in [4.78, 5) is 12.6. The Morgan fingerprint density at radius 1 is 1.35 bits per heavy atom. The SMILES string of the molecule is CC(CCCC(F)(F)F)N(C)C(C)(C)C(=O)O. The van der Waals surface area contributed by atoms with E-state index >= 15 is 0 Å². The number of rotatable bonds is 6. The maximum absolute atomic E-state index is 12.0. The Bertz CT molecular complexity index is 264. The summed E-state index contributed by atoms with van der Waals surface area (Å²) in [5.74, 6) is -0.984. The molecular formula is C11H20F3NO2. The molecule has 0 aliphatic carbocycles. The normalized spacial score (nSPS) is 15.1. The summed E-state index contributed by atoms with van der Waals surface area (Å²) in [6.45, 7) is 4.81. The second-order valence-corrected chi connectivity index (χ2v) is 4.83. The number of carboxylic acids is 1. The number of likely N-dealkylation sites (N-methyl/N-ethyl adjacent to an activating group) is 1. The predicted molar refractivity (Wildman–Crippen MR) is 58.8 cm³/mol. The largest absolute Gasteiger partial charge is 0.480 e. The molecule has 0 rings (SSSR count). The number of hydrogen-bond acceptors (Lipinski definition) is 2. The van der Waals surface area contributed by atoms with Gasteiger partial charge in [-0.1, -0.05) is 0 Å². The van der Waals surface area contributed by atoms with Gasteiger partial charge in [0.15, 0.2) is 0 Å². The van der Waals surface area contributed by atoms with Gasteiger partial charge in [-0.05, 0) is 40.7 Å². The minimum atomic E-state index is -4.14. The molecule has 1 atom stereocenters. The van der Waals surface area contributed by atoms with Crippen molar-refractivity contribution in [2.24, 2.45) is 0 Å². The van der Waals surface area contributed by atoms with Gasteiger partial charge in [-0.15, -0.1) is 0 Å². The van der Waals surface area contributed by atoms with Crippen molar-refractivity contribution in [2.45, 2.75) is 57.8 Å². The number of carbonyl (C=O) groups is 1. The number of hydrogen-bond donors (Lipinski definition) is 1. The van der Waals surface area contributed by atoms with Crippen molar-refractivity contribution in [3.05, 3.63) is 0 Å². The molecule has 0 aromatic heterocycles. The van der Waals surface area contributed by atoms with Gasteiger partial charge in [0.25, 0.3) is 0 Å². The molecule has 0 spiro atoms. The van der Waals surface area contributed by atoms with Crippen LogP contribution in [0.3, 0.4) is 0 Å². The molecule has 3 nitrogen and oxygen atoms in total. The predicted octanol–water partition coefficient (Wildman–Crippen LogP) is 2.90. The number of nitrogens with zero attached hydrogens (tertiary/aromatic N) is 1. The van der Waals surface area contributed by atoms with Crippen molar-refractivity contribution < 1.29 is 23.1 Å². The van der Waals surface area contributed by atoms with Crippen molar-refractivity contribution in [3.8, 4) is 0 Å². The molecule has 0 radical (unpaired) electrons. The van der Waals surface area contributed by atoms with E-state index in [0.717, 1.165) is 0 Å². The smallest absolute Gasteiger partial charge is 0.389 e. The first-order chi connectivity index (χ1) is 7.48. The van der Waals surface area contributed by atoms with Gasteiger partial charge < -0.3 is 5.11 Å². The number of halogens is 3. The standard InChI is InChI=1S/C11H20F3NO2/c1-8(6-5-7-11(12,13)14)15(4)10(2,3)9(16)17/h8H,5-7H2,1-4H3,(H,16,17). The Labute approximate surface area is 99.6 Å². The summed E-state index contributed by atoms with van der Waals surface area (Å²) >= 11 is 0. The summed E-state index contributed by atoms with van der Waals surface area (Å²) in [5.41, 5.74) is -1.07. The first-order valence-corrected chi connectivity index (χ1v) is 5.51. The zero-order valence-corrected chi connectivity index (χ0v) is 10.6. The Morgan fingerprint density at radius 2 is 1.82 bits per heavy atom. The molecule has 0 fully saturated rings. The van der Waals surface area contributed by atoms with Crippen LogP contribution in [0, 0.1) is 0 Å².